The maximum atomic E-state index is 5.28. The van der Waals surface area contributed by atoms with Crippen molar-refractivity contribution in [3.05, 3.63) is 29.7 Å². The Morgan fingerprint density at radius 2 is 2.60 bits per heavy atom. The molecule has 0 aromatic heterocycles. The van der Waals surface area contributed by atoms with E-state index in [0.29, 0.717) is 13.2 Å². The normalized spacial score (nSPS) is 20.8. The van der Waals surface area contributed by atoms with Gasteiger partial charge in [-0.3, -0.25) is 0 Å². The summed E-state index contributed by atoms with van der Waals surface area (Å²) in [6.45, 7) is 1.29. The minimum Gasteiger partial charge on any atom is -0.475 e. The van der Waals surface area contributed by atoms with Gasteiger partial charge in [0.25, 0.3) is 6.61 Å². The van der Waals surface area contributed by atoms with Crippen LogP contribution in [0.5, 0.6) is 0 Å². The van der Waals surface area contributed by atoms with Gasteiger partial charge in [-0.05, 0) is 12.2 Å². The lowest BCUT2D eigenvalue weighted by atomic mass is 10.2. The Morgan fingerprint density at radius 1 is 1.60 bits per heavy atom. The number of fused-ring (bicyclic) bond motifs is 1. The molecule has 0 bridgehead atoms. The molecule has 0 saturated carbocycles. The van der Waals surface area contributed by atoms with Crippen LogP contribution >= 0.6 is 0 Å². The number of hydrogen-bond acceptors (Lipinski definition) is 1. The van der Waals surface area contributed by atoms with Crippen LogP contribution in [0, 0.1) is 0 Å². The van der Waals surface area contributed by atoms with Crippen LogP contribution in [0.2, 0.25) is 0 Å². The van der Waals surface area contributed by atoms with E-state index < -0.39 is 0 Å². The second-order valence-electron chi connectivity index (χ2n) is 2.07. The number of allylic oxidation sites excluding steroid dienone is 2. The Balaban J connectivity index is 2.44. The molecule has 1 heterocycles. The minimum absolute atomic E-state index is 0.644. The Hall–Kier alpha value is -1.27. The summed E-state index contributed by atoms with van der Waals surface area (Å²) < 4.78 is 10.5. The van der Waals surface area contributed by atoms with Crippen molar-refractivity contribution in [1.29, 1.82) is 0 Å². The second kappa shape index (κ2) is 2.16. The maximum Gasteiger partial charge on any atom is 0.392 e. The van der Waals surface area contributed by atoms with E-state index in [1.165, 1.54) is 0 Å². The second-order valence-corrected chi connectivity index (χ2v) is 2.07. The van der Waals surface area contributed by atoms with E-state index in [1.54, 1.807) is 6.08 Å². The molecule has 0 amide bonds. The standard InChI is InChI=1S/C8H7O2/c1-2-4-8-7(3-1)9-5-6-10-8/h1,3-4H,5-6H2/q+1. The summed E-state index contributed by atoms with van der Waals surface area (Å²) in [5.41, 5.74) is 2.92. The molecule has 0 N–H and O–H groups in total. The first kappa shape index (κ1) is 5.51. The molecule has 0 saturated heterocycles. The van der Waals surface area contributed by atoms with Crippen molar-refractivity contribution >= 4 is 5.78 Å². The van der Waals surface area contributed by atoms with Gasteiger partial charge in [-0.2, -0.15) is 0 Å². The molecular formula is C8H7O2+. The van der Waals surface area contributed by atoms with Crippen molar-refractivity contribution in [3.63, 3.8) is 0 Å². The molecule has 50 valence electrons. The molecule has 10 heavy (non-hydrogen) atoms. The van der Waals surface area contributed by atoms with Gasteiger partial charge in [-0.15, -0.1) is 5.73 Å². The van der Waals surface area contributed by atoms with Gasteiger partial charge < -0.3 is 4.74 Å². The van der Waals surface area contributed by atoms with E-state index in [9.17, 15) is 0 Å². The van der Waals surface area contributed by atoms with Crippen LogP contribution in [0.1, 0.15) is 0 Å². The van der Waals surface area contributed by atoms with Gasteiger partial charge in [0, 0.05) is 0 Å². The first-order valence-electron chi connectivity index (χ1n) is 3.22. The fraction of sp³-hybridized carbons (Fsp3) is 0.250. The molecule has 1 aliphatic carbocycles. The topological polar surface area (TPSA) is 20.5 Å². The third-order valence-corrected chi connectivity index (χ3v) is 1.39. The highest BCUT2D eigenvalue weighted by atomic mass is 16.5. The molecule has 1 aliphatic heterocycles. The van der Waals surface area contributed by atoms with Crippen molar-refractivity contribution in [2.45, 2.75) is 0 Å². The first-order valence-corrected chi connectivity index (χ1v) is 3.22. The third kappa shape index (κ3) is 0.789. The summed E-state index contributed by atoms with van der Waals surface area (Å²) >= 11 is 0. The average Bonchev–Trinajstić information content (AvgIpc) is 2.05. The van der Waals surface area contributed by atoms with E-state index in [0.717, 1.165) is 11.5 Å². The van der Waals surface area contributed by atoms with Gasteiger partial charge in [-0.25, -0.2) is 4.42 Å². The molecule has 0 fully saturated rings. The van der Waals surface area contributed by atoms with Gasteiger partial charge in [0.05, 0.1) is 6.08 Å². The Labute approximate surface area is 58.8 Å². The summed E-state index contributed by atoms with van der Waals surface area (Å²) in [6.07, 6.45) is 5.45. The van der Waals surface area contributed by atoms with Crippen LogP contribution in [-0.4, -0.2) is 19.0 Å². The molecule has 0 atom stereocenters. The maximum absolute atomic E-state index is 5.28. The molecule has 2 nitrogen and oxygen atoms in total. The van der Waals surface area contributed by atoms with E-state index in [1.807, 2.05) is 12.2 Å². The quantitative estimate of drug-likeness (QED) is 0.354. The lowest BCUT2D eigenvalue weighted by molar-refractivity contribution is -0.467. The third-order valence-electron chi connectivity index (χ3n) is 1.39. The fourth-order valence-corrected chi connectivity index (χ4v) is 0.936. The smallest absolute Gasteiger partial charge is 0.392 e. The van der Waals surface area contributed by atoms with Crippen LogP contribution in [0.4, 0.5) is 0 Å². The monoisotopic (exact) mass is 135 g/mol. The summed E-state index contributed by atoms with van der Waals surface area (Å²) in [4.78, 5) is 0. The van der Waals surface area contributed by atoms with E-state index in [-0.39, 0.29) is 0 Å². The molecule has 2 rings (SSSR count). The van der Waals surface area contributed by atoms with Crippen molar-refractivity contribution in [3.8, 4) is 0 Å². The van der Waals surface area contributed by atoms with Gasteiger partial charge in [0.2, 0.25) is 5.76 Å². The van der Waals surface area contributed by atoms with Crippen LogP contribution in [0.25, 0.3) is 0 Å². The summed E-state index contributed by atoms with van der Waals surface area (Å²) in [5, 5.41) is 0. The highest BCUT2D eigenvalue weighted by Gasteiger charge is 2.22. The van der Waals surface area contributed by atoms with Crippen LogP contribution in [0.15, 0.2) is 29.7 Å². The summed E-state index contributed by atoms with van der Waals surface area (Å²) in [6, 6.07) is 0. The number of hydrogen-bond donors (Lipinski definition) is 0. The average molecular weight is 135 g/mol. The van der Waals surface area contributed by atoms with E-state index in [2.05, 4.69) is 5.73 Å². The first-order chi connectivity index (χ1) is 4.97. The van der Waals surface area contributed by atoms with Crippen LogP contribution < -0.4 is 0 Å². The molecule has 2 heteroatoms. The predicted molar refractivity (Wildman–Crippen MR) is 36.6 cm³/mol. The number of rotatable bonds is 0. The zero-order chi connectivity index (χ0) is 6.81. The fourth-order valence-electron chi connectivity index (χ4n) is 0.936. The molecular weight excluding hydrogens is 128 g/mol. The minimum atomic E-state index is 0.644. The molecule has 0 aromatic carbocycles. The number of carbonyl (C=O) groups excluding carboxylic acids is 1. The van der Waals surface area contributed by atoms with Gasteiger partial charge in [-0.1, -0.05) is 0 Å². The lowest BCUT2D eigenvalue weighted by Gasteiger charge is -2.05. The number of ketones is 1. The van der Waals surface area contributed by atoms with Gasteiger partial charge >= 0.3 is 5.78 Å². The van der Waals surface area contributed by atoms with Crippen LogP contribution in [0.3, 0.4) is 0 Å². The Kier molecular flexibility index (Phi) is 1.19. The zero-order valence-electron chi connectivity index (χ0n) is 5.46. The predicted octanol–water partition coefficient (Wildman–Crippen LogP) is 0.730. The molecule has 0 spiro atoms. The largest absolute Gasteiger partial charge is 0.475 e. The van der Waals surface area contributed by atoms with Crippen LogP contribution in [-0.2, 0) is 9.16 Å². The number of ether oxygens (including phenoxy) is 1. The van der Waals surface area contributed by atoms with Crippen molar-refractivity contribution in [2.24, 2.45) is 0 Å². The Morgan fingerprint density at radius 3 is 3.50 bits per heavy atom. The molecule has 2 aliphatic rings. The van der Waals surface area contributed by atoms with Crippen molar-refractivity contribution in [2.75, 3.05) is 13.2 Å². The van der Waals surface area contributed by atoms with Gasteiger partial charge in [0.1, 0.15) is 0 Å². The molecule has 0 aromatic rings. The van der Waals surface area contributed by atoms with Crippen molar-refractivity contribution in [1.82, 2.24) is 0 Å². The molecule has 0 radical (unpaired) electrons. The SMILES string of the molecule is C1=CC=C2OCC[O+]=C2C=1. The highest BCUT2D eigenvalue weighted by Crippen LogP contribution is 2.07. The van der Waals surface area contributed by atoms with Gasteiger partial charge in [0.15, 0.2) is 6.61 Å². The summed E-state index contributed by atoms with van der Waals surface area (Å²) in [5.74, 6) is 1.62. The Bertz CT molecular complexity index is 265. The molecule has 0 unspecified atom stereocenters. The lowest BCUT2D eigenvalue weighted by Crippen LogP contribution is -2.17. The zero-order valence-corrected chi connectivity index (χ0v) is 5.46. The van der Waals surface area contributed by atoms with E-state index in [4.69, 9.17) is 9.16 Å². The van der Waals surface area contributed by atoms with Crippen molar-refractivity contribution < 1.29 is 9.16 Å². The highest BCUT2D eigenvalue weighted by molar-refractivity contribution is 6.03. The summed E-state index contributed by atoms with van der Waals surface area (Å²) in [7, 11) is 0. The van der Waals surface area contributed by atoms with E-state index >= 15 is 0 Å².